The van der Waals surface area contributed by atoms with Crippen molar-refractivity contribution in [2.45, 2.75) is 51.1 Å². The summed E-state index contributed by atoms with van der Waals surface area (Å²) in [4.78, 5) is 1.52. The first kappa shape index (κ1) is 12.0. The van der Waals surface area contributed by atoms with Gasteiger partial charge in [-0.3, -0.25) is 0 Å². The maximum atomic E-state index is 3.69. The second-order valence-corrected chi connectivity index (χ2v) is 6.06. The van der Waals surface area contributed by atoms with Crippen LogP contribution < -0.4 is 5.32 Å². The molecule has 0 saturated heterocycles. The van der Waals surface area contributed by atoms with Gasteiger partial charge in [0.15, 0.2) is 0 Å². The van der Waals surface area contributed by atoms with Crippen LogP contribution in [0.15, 0.2) is 17.0 Å². The summed E-state index contributed by atoms with van der Waals surface area (Å²) in [6.45, 7) is 8.92. The van der Waals surface area contributed by atoms with Gasteiger partial charge in [0.05, 0.1) is 0 Å². The molecule has 1 aliphatic rings. The van der Waals surface area contributed by atoms with Crippen LogP contribution in [0.2, 0.25) is 0 Å². The summed E-state index contributed by atoms with van der Waals surface area (Å²) < 4.78 is 0. The predicted molar refractivity (Wildman–Crippen MR) is 72.3 cm³/mol. The van der Waals surface area contributed by atoms with Gasteiger partial charge in [-0.25, -0.2) is 0 Å². The van der Waals surface area contributed by atoms with Gasteiger partial charge in [-0.05, 0) is 42.7 Å². The summed E-state index contributed by atoms with van der Waals surface area (Å²) in [6.07, 6.45) is 1.25. The van der Waals surface area contributed by atoms with E-state index in [1.807, 2.05) is 11.8 Å². The van der Waals surface area contributed by atoms with Gasteiger partial charge in [0, 0.05) is 17.0 Å². The molecule has 16 heavy (non-hydrogen) atoms. The maximum Gasteiger partial charge on any atom is 0.0344 e. The van der Waals surface area contributed by atoms with Gasteiger partial charge < -0.3 is 5.32 Å². The average Bonchev–Trinajstić information content (AvgIpc) is 2.23. The molecule has 88 valence electrons. The van der Waals surface area contributed by atoms with Crippen molar-refractivity contribution >= 4 is 11.8 Å². The molecule has 0 bridgehead atoms. The number of benzene rings is 1. The van der Waals surface area contributed by atoms with Crippen molar-refractivity contribution in [2.24, 2.45) is 0 Å². The summed E-state index contributed by atoms with van der Waals surface area (Å²) >= 11 is 2.02. The Morgan fingerprint density at radius 3 is 2.62 bits per heavy atom. The number of nitrogens with one attached hydrogen (secondary N) is 1. The first-order chi connectivity index (χ1) is 7.59. The highest BCUT2D eigenvalue weighted by molar-refractivity contribution is 7.99. The summed E-state index contributed by atoms with van der Waals surface area (Å²) in [7, 11) is 0. The maximum absolute atomic E-state index is 3.69. The van der Waals surface area contributed by atoms with Gasteiger partial charge in [-0.2, -0.15) is 0 Å². The highest BCUT2D eigenvalue weighted by atomic mass is 32.2. The molecule has 0 radical (unpaired) electrons. The van der Waals surface area contributed by atoms with Crippen molar-refractivity contribution in [3.63, 3.8) is 0 Å². The molecule has 1 aromatic carbocycles. The van der Waals surface area contributed by atoms with Crippen LogP contribution >= 0.6 is 11.8 Å². The van der Waals surface area contributed by atoms with E-state index in [1.54, 1.807) is 5.56 Å². The highest BCUT2D eigenvalue weighted by Gasteiger charge is 2.23. The Labute approximate surface area is 103 Å². The zero-order valence-corrected chi connectivity index (χ0v) is 11.4. The van der Waals surface area contributed by atoms with E-state index in [0.717, 1.165) is 0 Å². The lowest BCUT2D eigenvalue weighted by molar-refractivity contribution is 0.457. The number of rotatable bonds is 2. The normalized spacial score (nSPS) is 19.9. The van der Waals surface area contributed by atoms with E-state index in [1.165, 1.54) is 28.2 Å². The predicted octanol–water partition coefficient (Wildman–Crippen LogP) is 3.84. The molecule has 0 aromatic heterocycles. The smallest absolute Gasteiger partial charge is 0.0344 e. The fraction of sp³-hybridized carbons (Fsp3) is 0.571. The lowest BCUT2D eigenvalue weighted by Crippen LogP contribution is -2.31. The first-order valence-electron chi connectivity index (χ1n) is 6.08. The fourth-order valence-corrected chi connectivity index (χ4v) is 3.74. The summed E-state index contributed by atoms with van der Waals surface area (Å²) in [6, 6.07) is 5.62. The fourth-order valence-electron chi connectivity index (χ4n) is 2.42. The molecule has 2 rings (SSSR count). The zero-order chi connectivity index (χ0) is 11.7. The van der Waals surface area contributed by atoms with Crippen LogP contribution in [-0.4, -0.2) is 11.8 Å². The Morgan fingerprint density at radius 1 is 1.25 bits per heavy atom. The van der Waals surface area contributed by atoms with Crippen LogP contribution in [0.4, 0.5) is 0 Å². The second-order valence-electron chi connectivity index (χ2n) is 4.95. The minimum Gasteiger partial charge on any atom is -0.308 e. The molecule has 1 N–H and O–H groups in total. The second kappa shape index (κ2) is 4.80. The van der Waals surface area contributed by atoms with Crippen molar-refractivity contribution in [1.29, 1.82) is 0 Å². The van der Waals surface area contributed by atoms with Crippen LogP contribution in [0.5, 0.6) is 0 Å². The zero-order valence-electron chi connectivity index (χ0n) is 10.6. The molecule has 1 atom stereocenters. The third-order valence-electron chi connectivity index (χ3n) is 3.15. The molecule has 0 amide bonds. The largest absolute Gasteiger partial charge is 0.308 e. The van der Waals surface area contributed by atoms with E-state index in [9.17, 15) is 0 Å². The number of thioether (sulfide) groups is 1. The van der Waals surface area contributed by atoms with Gasteiger partial charge in [-0.15, -0.1) is 11.8 Å². The Hall–Kier alpha value is -0.470. The minimum absolute atomic E-state index is 0.552. The molecule has 0 spiro atoms. The van der Waals surface area contributed by atoms with Crippen LogP contribution in [0.1, 0.15) is 43.0 Å². The topological polar surface area (TPSA) is 12.0 Å². The minimum atomic E-state index is 0.552. The molecular weight excluding hydrogens is 214 g/mol. The van der Waals surface area contributed by atoms with Crippen molar-refractivity contribution in [3.05, 3.63) is 28.8 Å². The van der Waals surface area contributed by atoms with Gasteiger partial charge >= 0.3 is 0 Å². The summed E-state index contributed by atoms with van der Waals surface area (Å²) in [5.41, 5.74) is 4.41. The van der Waals surface area contributed by atoms with Crippen LogP contribution in [-0.2, 0) is 0 Å². The SMILES string of the molecule is Cc1ccc(C)c2c1SCCC2NC(C)C. The Kier molecular flexibility index (Phi) is 3.60. The molecule has 0 saturated carbocycles. The van der Waals surface area contributed by atoms with Gasteiger partial charge in [-0.1, -0.05) is 26.0 Å². The Bertz CT molecular complexity index is 385. The van der Waals surface area contributed by atoms with Crippen molar-refractivity contribution in [1.82, 2.24) is 5.32 Å². The van der Waals surface area contributed by atoms with Crippen LogP contribution in [0.3, 0.4) is 0 Å². The number of aryl methyl sites for hydroxylation is 2. The summed E-state index contributed by atoms with van der Waals surface area (Å²) in [5.74, 6) is 1.24. The van der Waals surface area contributed by atoms with E-state index < -0.39 is 0 Å². The highest BCUT2D eigenvalue weighted by Crippen LogP contribution is 2.40. The average molecular weight is 235 g/mol. The molecule has 0 aliphatic carbocycles. The van der Waals surface area contributed by atoms with E-state index in [4.69, 9.17) is 0 Å². The first-order valence-corrected chi connectivity index (χ1v) is 7.07. The molecule has 2 heteroatoms. The lowest BCUT2D eigenvalue weighted by Gasteiger charge is -2.30. The van der Waals surface area contributed by atoms with E-state index in [0.29, 0.717) is 12.1 Å². The van der Waals surface area contributed by atoms with Gasteiger partial charge in [0.1, 0.15) is 0 Å². The van der Waals surface area contributed by atoms with E-state index in [2.05, 4.69) is 45.1 Å². The van der Waals surface area contributed by atoms with Crippen LogP contribution in [0.25, 0.3) is 0 Å². The van der Waals surface area contributed by atoms with Gasteiger partial charge in [0.25, 0.3) is 0 Å². The molecular formula is C14H21NS. The molecule has 1 heterocycles. The quantitative estimate of drug-likeness (QED) is 0.836. The standard InChI is InChI=1S/C14H21NS/c1-9(2)15-12-7-8-16-14-11(4)6-5-10(3)13(12)14/h5-6,9,12,15H,7-8H2,1-4H3. The van der Waals surface area contributed by atoms with E-state index in [-0.39, 0.29) is 0 Å². The Morgan fingerprint density at radius 2 is 1.94 bits per heavy atom. The number of hydrogen-bond acceptors (Lipinski definition) is 2. The third kappa shape index (κ3) is 2.28. The number of hydrogen-bond donors (Lipinski definition) is 1. The Balaban J connectivity index is 2.40. The van der Waals surface area contributed by atoms with Crippen molar-refractivity contribution in [3.8, 4) is 0 Å². The molecule has 1 aliphatic heterocycles. The monoisotopic (exact) mass is 235 g/mol. The lowest BCUT2D eigenvalue weighted by atomic mass is 9.96. The molecule has 1 nitrogen and oxygen atoms in total. The van der Waals surface area contributed by atoms with Crippen molar-refractivity contribution in [2.75, 3.05) is 5.75 Å². The molecule has 1 aromatic rings. The van der Waals surface area contributed by atoms with E-state index >= 15 is 0 Å². The van der Waals surface area contributed by atoms with Gasteiger partial charge in [0.2, 0.25) is 0 Å². The molecule has 1 unspecified atom stereocenters. The van der Waals surface area contributed by atoms with Crippen LogP contribution in [0, 0.1) is 13.8 Å². The number of fused-ring (bicyclic) bond motifs is 1. The summed E-state index contributed by atoms with van der Waals surface area (Å²) in [5, 5.41) is 3.69. The molecule has 0 fully saturated rings. The van der Waals surface area contributed by atoms with Crippen molar-refractivity contribution < 1.29 is 0 Å². The third-order valence-corrected chi connectivity index (χ3v) is 4.42.